The van der Waals surface area contributed by atoms with Crippen molar-refractivity contribution in [2.24, 2.45) is 0 Å². The van der Waals surface area contributed by atoms with Gasteiger partial charge in [0.15, 0.2) is 0 Å². The summed E-state index contributed by atoms with van der Waals surface area (Å²) >= 11 is 5.46. The van der Waals surface area contributed by atoms with E-state index in [4.69, 9.17) is 16.7 Å². The van der Waals surface area contributed by atoms with Crippen LogP contribution in [0.25, 0.3) is 0 Å². The lowest BCUT2D eigenvalue weighted by atomic mass is 10.1. The Morgan fingerprint density at radius 2 is 2.08 bits per heavy atom. The highest BCUT2D eigenvalue weighted by molar-refractivity contribution is 6.31. The van der Waals surface area contributed by atoms with Gasteiger partial charge in [0, 0.05) is 5.02 Å². The number of rotatable bonds is 2. The maximum atomic E-state index is 11.9. The number of phenols is 1. The van der Waals surface area contributed by atoms with Gasteiger partial charge in [0.05, 0.1) is 5.56 Å². The van der Waals surface area contributed by atoms with Gasteiger partial charge in [-0.3, -0.25) is 4.79 Å². The third kappa shape index (κ3) is 2.15. The average Bonchev–Trinajstić information content (AvgIpc) is 2.08. The number of hydrogen-bond donors (Lipinski definition) is 1. The molecule has 13 heavy (non-hydrogen) atoms. The molecule has 0 heterocycles. The fourth-order valence-corrected chi connectivity index (χ4v) is 0.995. The molecule has 0 aliphatic carbocycles. The van der Waals surface area contributed by atoms with Crippen molar-refractivity contribution in [3.8, 4) is 5.75 Å². The minimum absolute atomic E-state index is 0.127. The molecule has 0 aliphatic heterocycles. The van der Waals surface area contributed by atoms with Gasteiger partial charge in [-0.05, 0) is 18.2 Å². The van der Waals surface area contributed by atoms with E-state index in [9.17, 15) is 13.6 Å². The number of Topliss-reactive ketones (excluding diaryl/α,β-unsaturated/α-hetero) is 1. The summed E-state index contributed by atoms with van der Waals surface area (Å²) in [6.45, 7) is 0. The number of carbonyl (C=O) groups is 1. The Morgan fingerprint density at radius 1 is 1.46 bits per heavy atom. The fraction of sp³-hybridized carbons (Fsp3) is 0.125. The Kier molecular flexibility index (Phi) is 2.83. The largest absolute Gasteiger partial charge is 0.507 e. The normalized spacial score (nSPS) is 10.5. The molecule has 1 aromatic carbocycles. The Morgan fingerprint density at radius 3 is 2.62 bits per heavy atom. The van der Waals surface area contributed by atoms with Crippen LogP contribution in [0.3, 0.4) is 0 Å². The SMILES string of the molecule is O=C(c1cc(Cl)ccc1O)C(F)F. The molecular weight excluding hydrogens is 202 g/mol. The van der Waals surface area contributed by atoms with Gasteiger partial charge in [0.2, 0.25) is 5.78 Å². The summed E-state index contributed by atoms with van der Waals surface area (Å²) in [5, 5.41) is 9.17. The van der Waals surface area contributed by atoms with Gasteiger partial charge in [-0.25, -0.2) is 8.78 Å². The van der Waals surface area contributed by atoms with Gasteiger partial charge < -0.3 is 5.11 Å². The maximum absolute atomic E-state index is 11.9. The number of benzene rings is 1. The van der Waals surface area contributed by atoms with E-state index in [1.165, 1.54) is 6.07 Å². The Balaban J connectivity index is 3.13. The van der Waals surface area contributed by atoms with Crippen LogP contribution in [0.4, 0.5) is 8.78 Å². The first-order chi connectivity index (χ1) is 6.02. The van der Waals surface area contributed by atoms with E-state index < -0.39 is 23.5 Å². The zero-order valence-electron chi connectivity index (χ0n) is 6.30. The standard InChI is InChI=1S/C8H5ClF2O2/c9-4-1-2-6(12)5(3-4)7(13)8(10)11/h1-3,8,12H. The van der Waals surface area contributed by atoms with E-state index in [1.807, 2.05) is 0 Å². The summed E-state index contributed by atoms with van der Waals surface area (Å²) in [6, 6.07) is 3.41. The van der Waals surface area contributed by atoms with E-state index in [1.54, 1.807) is 0 Å². The summed E-state index contributed by atoms with van der Waals surface area (Å²) in [4.78, 5) is 10.7. The van der Waals surface area contributed by atoms with E-state index in [2.05, 4.69) is 0 Å². The minimum atomic E-state index is -3.13. The van der Waals surface area contributed by atoms with Crippen LogP contribution in [0.2, 0.25) is 5.02 Å². The summed E-state index contributed by atoms with van der Waals surface area (Å²) in [7, 11) is 0. The quantitative estimate of drug-likeness (QED) is 0.755. The summed E-state index contributed by atoms with van der Waals surface area (Å²) in [5.74, 6) is -1.92. The molecule has 1 rings (SSSR count). The molecule has 0 fully saturated rings. The number of aromatic hydroxyl groups is 1. The van der Waals surface area contributed by atoms with Crippen molar-refractivity contribution in [3.05, 3.63) is 28.8 Å². The number of halogens is 3. The molecule has 0 aliphatic rings. The van der Waals surface area contributed by atoms with Gasteiger partial charge in [-0.1, -0.05) is 11.6 Å². The highest BCUT2D eigenvalue weighted by Gasteiger charge is 2.21. The lowest BCUT2D eigenvalue weighted by Gasteiger charge is -2.02. The molecule has 1 aromatic rings. The monoisotopic (exact) mass is 206 g/mol. The molecule has 0 radical (unpaired) electrons. The number of phenolic OH excluding ortho intramolecular Hbond substituents is 1. The Hall–Kier alpha value is -1.16. The molecule has 0 atom stereocenters. The first-order valence-electron chi connectivity index (χ1n) is 3.33. The van der Waals surface area contributed by atoms with Gasteiger partial charge in [-0.2, -0.15) is 0 Å². The zero-order valence-corrected chi connectivity index (χ0v) is 7.05. The molecule has 5 heteroatoms. The molecule has 1 N–H and O–H groups in total. The predicted octanol–water partition coefficient (Wildman–Crippen LogP) is 2.49. The van der Waals surface area contributed by atoms with Gasteiger partial charge >= 0.3 is 6.43 Å². The second-order valence-corrected chi connectivity index (χ2v) is 2.76. The molecule has 0 amide bonds. The van der Waals surface area contributed by atoms with Crippen LogP contribution in [0.1, 0.15) is 10.4 Å². The lowest BCUT2D eigenvalue weighted by molar-refractivity contribution is 0.0676. The van der Waals surface area contributed by atoms with Crippen LogP contribution in [0, 0.1) is 0 Å². The third-order valence-corrected chi connectivity index (χ3v) is 1.66. The molecule has 0 saturated carbocycles. The number of carbonyl (C=O) groups excluding carboxylic acids is 1. The van der Waals surface area contributed by atoms with Crippen molar-refractivity contribution in [2.75, 3.05) is 0 Å². The van der Waals surface area contributed by atoms with Crippen molar-refractivity contribution in [1.29, 1.82) is 0 Å². The van der Waals surface area contributed by atoms with Crippen molar-refractivity contribution >= 4 is 17.4 Å². The molecule has 2 nitrogen and oxygen atoms in total. The molecule has 0 aromatic heterocycles. The van der Waals surface area contributed by atoms with E-state index in [0.29, 0.717) is 0 Å². The Labute approximate surface area is 77.8 Å². The van der Waals surface area contributed by atoms with E-state index in [0.717, 1.165) is 12.1 Å². The average molecular weight is 207 g/mol. The van der Waals surface area contributed by atoms with Crippen molar-refractivity contribution in [3.63, 3.8) is 0 Å². The second-order valence-electron chi connectivity index (χ2n) is 2.33. The van der Waals surface area contributed by atoms with Crippen LogP contribution in [0.5, 0.6) is 5.75 Å². The summed E-state index contributed by atoms with van der Waals surface area (Å²) < 4.78 is 23.8. The lowest BCUT2D eigenvalue weighted by Crippen LogP contribution is -2.10. The van der Waals surface area contributed by atoms with Gasteiger partial charge in [0.1, 0.15) is 5.75 Å². The van der Waals surface area contributed by atoms with Crippen LogP contribution >= 0.6 is 11.6 Å². The number of alkyl halides is 2. The van der Waals surface area contributed by atoms with Crippen LogP contribution in [-0.2, 0) is 0 Å². The van der Waals surface area contributed by atoms with Crippen LogP contribution in [-0.4, -0.2) is 17.3 Å². The Bertz CT molecular complexity index is 339. The van der Waals surface area contributed by atoms with E-state index >= 15 is 0 Å². The van der Waals surface area contributed by atoms with Gasteiger partial charge in [-0.15, -0.1) is 0 Å². The van der Waals surface area contributed by atoms with Crippen molar-refractivity contribution in [2.45, 2.75) is 6.43 Å². The van der Waals surface area contributed by atoms with Crippen LogP contribution < -0.4 is 0 Å². The maximum Gasteiger partial charge on any atom is 0.300 e. The van der Waals surface area contributed by atoms with Crippen molar-refractivity contribution < 1.29 is 18.7 Å². The molecule has 0 unspecified atom stereocenters. The highest BCUT2D eigenvalue weighted by Crippen LogP contribution is 2.23. The molecular formula is C8H5ClF2O2. The zero-order chi connectivity index (χ0) is 10.0. The molecule has 0 saturated heterocycles. The smallest absolute Gasteiger partial charge is 0.300 e. The number of ketones is 1. The highest BCUT2D eigenvalue weighted by atomic mass is 35.5. The predicted molar refractivity (Wildman–Crippen MR) is 43.5 cm³/mol. The second kappa shape index (κ2) is 3.70. The third-order valence-electron chi connectivity index (χ3n) is 1.42. The van der Waals surface area contributed by atoms with E-state index in [-0.39, 0.29) is 5.02 Å². The molecule has 0 spiro atoms. The van der Waals surface area contributed by atoms with Crippen molar-refractivity contribution in [1.82, 2.24) is 0 Å². The fourth-order valence-electron chi connectivity index (χ4n) is 0.823. The summed E-state index contributed by atoms with van der Waals surface area (Å²) in [6.07, 6.45) is -3.13. The topological polar surface area (TPSA) is 37.3 Å². The minimum Gasteiger partial charge on any atom is -0.507 e. The first-order valence-corrected chi connectivity index (χ1v) is 3.71. The molecule has 70 valence electrons. The first kappa shape index (κ1) is 9.92. The van der Waals surface area contributed by atoms with Gasteiger partial charge in [0.25, 0.3) is 0 Å². The summed E-state index contributed by atoms with van der Waals surface area (Å²) in [5.41, 5.74) is -0.456. The van der Waals surface area contributed by atoms with Crippen LogP contribution in [0.15, 0.2) is 18.2 Å². The number of hydrogen-bond acceptors (Lipinski definition) is 2. The molecule has 0 bridgehead atoms.